The van der Waals surface area contributed by atoms with E-state index in [1.165, 1.54) is 18.6 Å². The maximum Gasteiger partial charge on any atom is 0.223 e. The molecule has 1 fully saturated rings. The highest BCUT2D eigenvalue weighted by atomic mass is 16.3. The lowest BCUT2D eigenvalue weighted by Gasteiger charge is -2.26. The van der Waals surface area contributed by atoms with Crippen LogP contribution in [0.1, 0.15) is 31.2 Å². The van der Waals surface area contributed by atoms with Gasteiger partial charge in [0.2, 0.25) is 11.7 Å². The average molecular weight is 294 g/mol. The molecule has 0 spiro atoms. The molecule has 1 amide bonds. The van der Waals surface area contributed by atoms with Crippen LogP contribution in [0.2, 0.25) is 0 Å². The normalized spacial score (nSPS) is 15.1. The Bertz CT molecular complexity index is 499. The fourth-order valence-corrected chi connectivity index (χ4v) is 2.47. The van der Waals surface area contributed by atoms with Gasteiger partial charge >= 0.3 is 0 Å². The summed E-state index contributed by atoms with van der Waals surface area (Å²) in [6, 6.07) is 2.86. The minimum Gasteiger partial charge on any atom is -0.504 e. The monoisotopic (exact) mass is 294 g/mol. The molecule has 1 aliphatic rings. The van der Waals surface area contributed by atoms with Crippen LogP contribution in [-0.4, -0.2) is 45.8 Å². The number of nitrogens with zero attached hydrogens (tertiary/aromatic N) is 1. The molecule has 6 heteroatoms. The molecular formula is C15H22N2O4. The molecule has 1 aromatic carbocycles. The summed E-state index contributed by atoms with van der Waals surface area (Å²) >= 11 is 0. The van der Waals surface area contributed by atoms with E-state index in [4.69, 9.17) is 0 Å². The molecule has 0 unspecified atom stereocenters. The Labute approximate surface area is 124 Å². The van der Waals surface area contributed by atoms with E-state index >= 15 is 0 Å². The van der Waals surface area contributed by atoms with Crippen LogP contribution in [-0.2, 0) is 11.3 Å². The Balaban J connectivity index is 1.74. The van der Waals surface area contributed by atoms with Crippen molar-refractivity contribution in [1.82, 2.24) is 10.2 Å². The fourth-order valence-electron chi connectivity index (χ4n) is 2.47. The van der Waals surface area contributed by atoms with Crippen molar-refractivity contribution < 1.29 is 20.1 Å². The third-order valence-corrected chi connectivity index (χ3v) is 3.75. The number of rotatable bonds is 5. The van der Waals surface area contributed by atoms with E-state index in [0.29, 0.717) is 25.1 Å². The molecular weight excluding hydrogens is 272 g/mol. The third-order valence-electron chi connectivity index (χ3n) is 3.75. The summed E-state index contributed by atoms with van der Waals surface area (Å²) in [6.45, 7) is 2.54. The predicted molar refractivity (Wildman–Crippen MR) is 78.2 cm³/mol. The Morgan fingerprint density at radius 2 is 1.81 bits per heavy atom. The van der Waals surface area contributed by atoms with Crippen molar-refractivity contribution >= 4 is 5.91 Å². The lowest BCUT2D eigenvalue weighted by molar-refractivity contribution is -0.131. The van der Waals surface area contributed by atoms with Crippen LogP contribution >= 0.6 is 0 Å². The maximum absolute atomic E-state index is 11.9. The Kier molecular flexibility index (Phi) is 5.27. The first-order valence-electron chi connectivity index (χ1n) is 7.31. The number of phenolic OH excluding ortho intramolecular Hbond substituents is 3. The summed E-state index contributed by atoms with van der Waals surface area (Å²) in [5.41, 5.74) is 0.482. The van der Waals surface area contributed by atoms with E-state index in [1.807, 2.05) is 4.90 Å². The molecule has 0 aliphatic carbocycles. The highest BCUT2D eigenvalue weighted by molar-refractivity contribution is 5.76. The lowest BCUT2D eigenvalue weighted by Crippen LogP contribution is -2.37. The van der Waals surface area contributed by atoms with Gasteiger partial charge in [-0.25, -0.2) is 0 Å². The quantitative estimate of drug-likeness (QED) is 0.485. The molecule has 4 N–H and O–H groups in total. The van der Waals surface area contributed by atoms with Crippen LogP contribution < -0.4 is 5.32 Å². The van der Waals surface area contributed by atoms with Gasteiger partial charge in [0, 0.05) is 38.2 Å². The number of carbonyl (C=O) groups is 1. The summed E-state index contributed by atoms with van der Waals surface area (Å²) in [4.78, 5) is 13.8. The van der Waals surface area contributed by atoms with Crippen LogP contribution in [0.15, 0.2) is 12.1 Å². The Hall–Kier alpha value is -1.95. The summed E-state index contributed by atoms with van der Waals surface area (Å²) in [7, 11) is 0. The second-order valence-corrected chi connectivity index (χ2v) is 5.31. The topological polar surface area (TPSA) is 93.0 Å². The first-order chi connectivity index (χ1) is 10.1. The Morgan fingerprint density at radius 1 is 1.10 bits per heavy atom. The van der Waals surface area contributed by atoms with Crippen molar-refractivity contribution in [2.24, 2.45) is 0 Å². The van der Waals surface area contributed by atoms with E-state index in [2.05, 4.69) is 5.32 Å². The van der Waals surface area contributed by atoms with E-state index in [9.17, 15) is 20.1 Å². The number of nitrogens with one attached hydrogen (secondary N) is 1. The van der Waals surface area contributed by atoms with Crippen molar-refractivity contribution in [1.29, 1.82) is 0 Å². The smallest absolute Gasteiger partial charge is 0.223 e. The zero-order valence-corrected chi connectivity index (χ0v) is 12.0. The van der Waals surface area contributed by atoms with E-state index in [0.717, 1.165) is 25.9 Å². The zero-order chi connectivity index (χ0) is 15.2. The van der Waals surface area contributed by atoms with E-state index in [1.54, 1.807) is 0 Å². The minimum atomic E-state index is -0.515. The molecule has 1 aromatic rings. The van der Waals surface area contributed by atoms with E-state index < -0.39 is 5.75 Å². The largest absolute Gasteiger partial charge is 0.504 e. The van der Waals surface area contributed by atoms with Gasteiger partial charge < -0.3 is 25.5 Å². The van der Waals surface area contributed by atoms with Gasteiger partial charge in [-0.15, -0.1) is 0 Å². The maximum atomic E-state index is 11.9. The first-order valence-corrected chi connectivity index (χ1v) is 7.31. The molecule has 0 atom stereocenters. The van der Waals surface area contributed by atoms with Crippen LogP contribution in [0.4, 0.5) is 0 Å². The van der Waals surface area contributed by atoms with Crippen molar-refractivity contribution in [2.75, 3.05) is 19.6 Å². The number of benzene rings is 1. The number of phenols is 3. The molecule has 0 aromatic heterocycles. The number of hydrogen-bond acceptors (Lipinski definition) is 5. The van der Waals surface area contributed by atoms with Gasteiger partial charge in [-0.2, -0.15) is 0 Å². The molecule has 116 valence electrons. The van der Waals surface area contributed by atoms with Gasteiger partial charge in [0.1, 0.15) is 0 Å². The molecule has 0 bridgehead atoms. The summed E-state index contributed by atoms with van der Waals surface area (Å²) in [5, 5.41) is 31.4. The molecule has 1 saturated heterocycles. The van der Waals surface area contributed by atoms with E-state index in [-0.39, 0.29) is 17.4 Å². The SMILES string of the molecule is O=C(CCNCc1ccc(O)c(O)c1O)N1CCCCC1. The number of carbonyl (C=O) groups excluding carboxylic acids is 1. The lowest BCUT2D eigenvalue weighted by atomic mass is 10.1. The van der Waals surface area contributed by atoms with Gasteiger partial charge in [-0.05, 0) is 25.3 Å². The summed E-state index contributed by atoms with van der Waals surface area (Å²) in [6.07, 6.45) is 3.79. The highest BCUT2D eigenvalue weighted by Gasteiger charge is 2.16. The molecule has 6 nitrogen and oxygen atoms in total. The Morgan fingerprint density at radius 3 is 2.52 bits per heavy atom. The van der Waals surface area contributed by atoms with Gasteiger partial charge in [0.15, 0.2) is 11.5 Å². The third kappa shape index (κ3) is 4.01. The van der Waals surface area contributed by atoms with Crippen molar-refractivity contribution in [3.63, 3.8) is 0 Å². The number of hydrogen-bond donors (Lipinski definition) is 4. The van der Waals surface area contributed by atoms with Gasteiger partial charge in [0.05, 0.1) is 0 Å². The number of aromatic hydroxyl groups is 3. The highest BCUT2D eigenvalue weighted by Crippen LogP contribution is 2.36. The number of amides is 1. The van der Waals surface area contributed by atoms with Gasteiger partial charge in [-0.1, -0.05) is 6.07 Å². The van der Waals surface area contributed by atoms with Crippen molar-refractivity contribution in [3.05, 3.63) is 17.7 Å². The van der Waals surface area contributed by atoms with Gasteiger partial charge in [-0.3, -0.25) is 4.79 Å². The van der Waals surface area contributed by atoms with Crippen LogP contribution in [0.3, 0.4) is 0 Å². The predicted octanol–water partition coefficient (Wildman–Crippen LogP) is 1.30. The zero-order valence-electron chi connectivity index (χ0n) is 12.0. The molecule has 1 heterocycles. The van der Waals surface area contributed by atoms with Gasteiger partial charge in [0.25, 0.3) is 0 Å². The second-order valence-electron chi connectivity index (χ2n) is 5.31. The average Bonchev–Trinajstić information content (AvgIpc) is 2.51. The summed E-state index contributed by atoms with van der Waals surface area (Å²) in [5.74, 6) is -1.04. The number of piperidine rings is 1. The van der Waals surface area contributed by atoms with Crippen molar-refractivity contribution in [2.45, 2.75) is 32.2 Å². The standard InChI is InChI=1S/C15H22N2O4/c18-12-5-4-11(14(20)15(12)21)10-16-7-6-13(19)17-8-2-1-3-9-17/h4-5,16,18,20-21H,1-3,6-10H2. The molecule has 1 aliphatic heterocycles. The molecule has 2 rings (SSSR count). The summed E-state index contributed by atoms with van der Waals surface area (Å²) < 4.78 is 0. The number of likely N-dealkylation sites (tertiary alicyclic amines) is 1. The van der Waals surface area contributed by atoms with Crippen LogP contribution in [0, 0.1) is 0 Å². The fraction of sp³-hybridized carbons (Fsp3) is 0.533. The molecule has 21 heavy (non-hydrogen) atoms. The first kappa shape index (κ1) is 15.4. The van der Waals surface area contributed by atoms with Crippen LogP contribution in [0.5, 0.6) is 17.2 Å². The second kappa shape index (κ2) is 7.17. The minimum absolute atomic E-state index is 0.153. The van der Waals surface area contributed by atoms with Crippen molar-refractivity contribution in [3.8, 4) is 17.2 Å². The molecule has 0 saturated carbocycles. The van der Waals surface area contributed by atoms with Crippen LogP contribution in [0.25, 0.3) is 0 Å². The molecule has 0 radical (unpaired) electrons.